The number of aliphatic hydroxyl groups is 1. The molecule has 2 N–H and O–H groups in total. The first kappa shape index (κ1) is 20.2. The third-order valence-corrected chi connectivity index (χ3v) is 5.06. The summed E-state index contributed by atoms with van der Waals surface area (Å²) < 4.78 is 44.2. The van der Waals surface area contributed by atoms with E-state index in [1.807, 2.05) is 0 Å². The number of rotatable bonds is 6. The van der Waals surface area contributed by atoms with Gasteiger partial charge < -0.3 is 14.7 Å². The van der Waals surface area contributed by atoms with Crippen LogP contribution in [-0.2, 0) is 26.1 Å². The van der Waals surface area contributed by atoms with Crippen molar-refractivity contribution >= 4 is 21.6 Å². The summed E-state index contributed by atoms with van der Waals surface area (Å²) in [5.74, 6) is -0.764. The molecule has 1 saturated heterocycles. The van der Waals surface area contributed by atoms with Crippen LogP contribution in [0.15, 0.2) is 48.5 Å². The molecule has 1 aliphatic heterocycles. The molecule has 7 nitrogen and oxygen atoms in total. The molecule has 9 heteroatoms. The van der Waals surface area contributed by atoms with Crippen LogP contribution in [0.4, 0.5) is 10.1 Å². The Morgan fingerprint density at radius 3 is 2.57 bits per heavy atom. The normalized spacial score (nSPS) is 18.8. The zero-order valence-corrected chi connectivity index (χ0v) is 16.0. The number of carbonyl (C=O) groups is 1. The van der Waals surface area contributed by atoms with E-state index >= 15 is 0 Å². The molecular formula is C19H21FN2O5S. The van der Waals surface area contributed by atoms with Gasteiger partial charge in [-0.3, -0.25) is 9.52 Å². The van der Waals surface area contributed by atoms with Crippen LogP contribution >= 0.6 is 0 Å². The first-order valence-corrected chi connectivity index (χ1v) is 10.5. The van der Waals surface area contributed by atoms with Crippen molar-refractivity contribution < 1.29 is 27.4 Å². The van der Waals surface area contributed by atoms with Crippen molar-refractivity contribution in [2.75, 3.05) is 24.2 Å². The van der Waals surface area contributed by atoms with E-state index in [1.54, 1.807) is 30.3 Å². The number of nitrogens with zero attached hydrogens (tertiary/aromatic N) is 1. The van der Waals surface area contributed by atoms with Gasteiger partial charge in [0.05, 0.1) is 18.9 Å². The van der Waals surface area contributed by atoms with Crippen molar-refractivity contribution in [1.82, 2.24) is 4.90 Å². The Kier molecular flexibility index (Phi) is 5.97. The van der Waals surface area contributed by atoms with E-state index in [0.29, 0.717) is 16.8 Å². The zero-order chi connectivity index (χ0) is 20.3. The van der Waals surface area contributed by atoms with E-state index < -0.39 is 28.0 Å². The largest absolute Gasteiger partial charge is 0.386 e. The Balaban J connectivity index is 1.80. The number of sulfonamides is 1. The molecule has 2 unspecified atom stereocenters. The number of aliphatic hydroxyl groups excluding tert-OH is 1. The van der Waals surface area contributed by atoms with E-state index in [4.69, 9.17) is 4.74 Å². The quantitative estimate of drug-likeness (QED) is 0.758. The number of hydrogen-bond acceptors (Lipinski definition) is 5. The second-order valence-electron chi connectivity index (χ2n) is 6.64. The maximum atomic E-state index is 14.0. The summed E-state index contributed by atoms with van der Waals surface area (Å²) in [4.78, 5) is 13.8. The Hall–Kier alpha value is -2.49. The Labute approximate surface area is 162 Å². The summed E-state index contributed by atoms with van der Waals surface area (Å²) >= 11 is 0. The van der Waals surface area contributed by atoms with Crippen LogP contribution in [0.3, 0.4) is 0 Å². The molecule has 0 aliphatic carbocycles. The lowest BCUT2D eigenvalue weighted by atomic mass is 9.99. The van der Waals surface area contributed by atoms with Crippen LogP contribution in [-0.4, -0.2) is 49.8 Å². The Bertz CT molecular complexity index is 949. The first-order chi connectivity index (χ1) is 13.2. The minimum atomic E-state index is -3.41. The molecule has 28 heavy (non-hydrogen) atoms. The number of nitrogens with one attached hydrogen (secondary N) is 1. The van der Waals surface area contributed by atoms with Gasteiger partial charge in [-0.1, -0.05) is 30.3 Å². The summed E-state index contributed by atoms with van der Waals surface area (Å²) in [5.41, 5.74) is 1.20. The molecule has 1 amide bonds. The number of amides is 1. The predicted molar refractivity (Wildman–Crippen MR) is 101 cm³/mol. The fourth-order valence-corrected chi connectivity index (χ4v) is 3.65. The molecule has 3 rings (SSSR count). The molecule has 0 spiro atoms. The number of ether oxygens (including phenoxy) is 1. The minimum Gasteiger partial charge on any atom is -0.386 e. The van der Waals surface area contributed by atoms with Gasteiger partial charge in [-0.15, -0.1) is 0 Å². The van der Waals surface area contributed by atoms with Crippen LogP contribution in [0.5, 0.6) is 0 Å². The summed E-state index contributed by atoms with van der Waals surface area (Å²) in [5, 5.41) is 10.8. The maximum Gasteiger partial charge on any atom is 0.249 e. The fourth-order valence-electron chi connectivity index (χ4n) is 3.09. The molecular weight excluding hydrogens is 387 g/mol. The molecule has 1 fully saturated rings. The predicted octanol–water partition coefficient (Wildman–Crippen LogP) is 1.66. The van der Waals surface area contributed by atoms with E-state index in [9.17, 15) is 22.7 Å². The molecule has 0 radical (unpaired) electrons. The molecule has 2 aromatic carbocycles. The molecule has 2 aromatic rings. The van der Waals surface area contributed by atoms with Crippen LogP contribution in [0, 0.1) is 5.82 Å². The smallest absolute Gasteiger partial charge is 0.249 e. The number of hydrogen-bond donors (Lipinski definition) is 2. The molecule has 0 saturated carbocycles. The van der Waals surface area contributed by atoms with Crippen molar-refractivity contribution in [3.05, 3.63) is 65.5 Å². The number of morpholine rings is 1. The van der Waals surface area contributed by atoms with Gasteiger partial charge in [0.2, 0.25) is 15.9 Å². The van der Waals surface area contributed by atoms with Crippen molar-refractivity contribution in [2.45, 2.75) is 18.7 Å². The van der Waals surface area contributed by atoms with Crippen LogP contribution in [0.1, 0.15) is 17.2 Å². The number of benzene rings is 2. The Morgan fingerprint density at radius 2 is 1.93 bits per heavy atom. The van der Waals surface area contributed by atoms with E-state index in [1.165, 1.54) is 23.1 Å². The average Bonchev–Trinajstić information content (AvgIpc) is 2.64. The van der Waals surface area contributed by atoms with Crippen LogP contribution in [0.2, 0.25) is 0 Å². The summed E-state index contributed by atoms with van der Waals surface area (Å²) in [6.07, 6.45) is -0.0373. The van der Waals surface area contributed by atoms with Gasteiger partial charge in [0.1, 0.15) is 18.5 Å². The van der Waals surface area contributed by atoms with Crippen LogP contribution in [0.25, 0.3) is 0 Å². The third kappa shape index (κ3) is 4.86. The Morgan fingerprint density at radius 1 is 1.25 bits per heavy atom. The molecule has 150 valence electrons. The first-order valence-electron chi connectivity index (χ1n) is 8.61. The van der Waals surface area contributed by atoms with Gasteiger partial charge >= 0.3 is 0 Å². The van der Waals surface area contributed by atoms with Crippen molar-refractivity contribution in [1.29, 1.82) is 0 Å². The topological polar surface area (TPSA) is 95.9 Å². The highest BCUT2D eigenvalue weighted by molar-refractivity contribution is 7.92. The summed E-state index contributed by atoms with van der Waals surface area (Å²) in [6, 6.07) is 11.6. The standard InChI is InChI=1S/C19H21FN2O5S/c1-28(25,26)21-15-8-6-13(7-9-15)19(24)17-11-27-12-18(23)22(17)10-14-4-2-3-5-16(14)20/h2-9,17,19,21,24H,10-12H2,1H3. The molecule has 1 heterocycles. The van der Waals surface area contributed by atoms with Crippen molar-refractivity contribution in [2.24, 2.45) is 0 Å². The highest BCUT2D eigenvalue weighted by Crippen LogP contribution is 2.27. The second-order valence-corrected chi connectivity index (χ2v) is 8.39. The van der Waals surface area contributed by atoms with Gasteiger partial charge in [-0.25, -0.2) is 12.8 Å². The van der Waals surface area contributed by atoms with Gasteiger partial charge in [0.15, 0.2) is 0 Å². The van der Waals surface area contributed by atoms with Crippen molar-refractivity contribution in [3.63, 3.8) is 0 Å². The lowest BCUT2D eigenvalue weighted by Crippen LogP contribution is -2.51. The van der Waals surface area contributed by atoms with Gasteiger partial charge in [-0.05, 0) is 23.8 Å². The maximum absolute atomic E-state index is 14.0. The molecule has 1 aliphatic rings. The minimum absolute atomic E-state index is 0.0182. The second kappa shape index (κ2) is 8.26. The van der Waals surface area contributed by atoms with Gasteiger partial charge in [-0.2, -0.15) is 0 Å². The van der Waals surface area contributed by atoms with E-state index in [-0.39, 0.29) is 25.7 Å². The highest BCUT2D eigenvalue weighted by atomic mass is 32.2. The highest BCUT2D eigenvalue weighted by Gasteiger charge is 2.35. The van der Waals surface area contributed by atoms with E-state index in [2.05, 4.69) is 4.72 Å². The van der Waals surface area contributed by atoms with Gasteiger partial charge in [0.25, 0.3) is 0 Å². The lowest BCUT2D eigenvalue weighted by Gasteiger charge is -2.38. The molecule has 0 bridgehead atoms. The number of carbonyl (C=O) groups excluding carboxylic acids is 1. The zero-order valence-electron chi connectivity index (χ0n) is 15.2. The summed E-state index contributed by atoms with van der Waals surface area (Å²) in [7, 11) is -3.41. The monoisotopic (exact) mass is 408 g/mol. The van der Waals surface area contributed by atoms with Crippen molar-refractivity contribution in [3.8, 4) is 0 Å². The SMILES string of the molecule is CS(=O)(=O)Nc1ccc(C(O)C2COCC(=O)N2Cc2ccccc2F)cc1. The molecule has 0 aromatic heterocycles. The van der Waals surface area contributed by atoms with Crippen LogP contribution < -0.4 is 4.72 Å². The lowest BCUT2D eigenvalue weighted by molar-refractivity contribution is -0.155. The average molecular weight is 408 g/mol. The number of anilines is 1. The molecule has 2 atom stereocenters. The third-order valence-electron chi connectivity index (χ3n) is 4.45. The van der Waals surface area contributed by atoms with Gasteiger partial charge in [0, 0.05) is 17.8 Å². The van der Waals surface area contributed by atoms with E-state index in [0.717, 1.165) is 6.26 Å². The summed E-state index contributed by atoms with van der Waals surface area (Å²) in [6.45, 7) is -0.0100. The number of halogens is 1. The fraction of sp³-hybridized carbons (Fsp3) is 0.316.